The highest BCUT2D eigenvalue weighted by atomic mass is 35.5. The maximum absolute atomic E-state index is 6.07. The fourth-order valence-corrected chi connectivity index (χ4v) is 2.05. The Labute approximate surface area is 124 Å². The predicted molar refractivity (Wildman–Crippen MR) is 81.3 cm³/mol. The van der Waals surface area contributed by atoms with Crippen molar-refractivity contribution in [1.82, 2.24) is 15.1 Å². The van der Waals surface area contributed by atoms with Gasteiger partial charge in [0.2, 0.25) is 0 Å². The van der Waals surface area contributed by atoms with Crippen molar-refractivity contribution < 1.29 is 4.74 Å². The van der Waals surface area contributed by atoms with Crippen LogP contribution in [0, 0.1) is 5.92 Å². The summed E-state index contributed by atoms with van der Waals surface area (Å²) in [6.45, 7) is 6.04. The highest BCUT2D eigenvalue weighted by molar-refractivity contribution is 6.30. The van der Waals surface area contributed by atoms with Gasteiger partial charge in [-0.25, -0.2) is 0 Å². The van der Waals surface area contributed by atoms with E-state index in [-0.39, 0.29) is 0 Å². The smallest absolute Gasteiger partial charge is 0.165 e. The molecule has 0 aliphatic heterocycles. The van der Waals surface area contributed by atoms with Crippen LogP contribution >= 0.6 is 11.6 Å². The second-order valence-electron chi connectivity index (χ2n) is 5.23. The van der Waals surface area contributed by atoms with Gasteiger partial charge in [0, 0.05) is 24.2 Å². The van der Waals surface area contributed by atoms with Crippen LogP contribution in [0.15, 0.2) is 30.6 Å². The summed E-state index contributed by atoms with van der Waals surface area (Å²) >= 11 is 6.07. The Bertz CT molecular complexity index is 566. The van der Waals surface area contributed by atoms with Gasteiger partial charge in [-0.1, -0.05) is 25.4 Å². The Balaban J connectivity index is 2.10. The van der Waals surface area contributed by atoms with Crippen LogP contribution in [0.4, 0.5) is 0 Å². The number of nitrogens with one attached hydrogen (secondary N) is 1. The molecule has 1 aromatic carbocycles. The van der Waals surface area contributed by atoms with Crippen LogP contribution < -0.4 is 10.1 Å². The number of aryl methyl sites for hydroxylation is 1. The van der Waals surface area contributed by atoms with Gasteiger partial charge in [0.1, 0.15) is 5.75 Å². The van der Waals surface area contributed by atoms with Gasteiger partial charge in [-0.3, -0.25) is 4.68 Å². The van der Waals surface area contributed by atoms with E-state index < -0.39 is 0 Å². The Morgan fingerprint density at radius 1 is 1.40 bits per heavy atom. The summed E-state index contributed by atoms with van der Waals surface area (Å²) in [5.74, 6) is 2.13. The monoisotopic (exact) mass is 293 g/mol. The number of rotatable bonds is 6. The molecule has 1 N–H and O–H groups in total. The quantitative estimate of drug-likeness (QED) is 0.884. The van der Waals surface area contributed by atoms with Crippen molar-refractivity contribution in [1.29, 1.82) is 0 Å². The van der Waals surface area contributed by atoms with Gasteiger partial charge < -0.3 is 10.1 Å². The van der Waals surface area contributed by atoms with E-state index in [4.69, 9.17) is 16.3 Å². The Morgan fingerprint density at radius 3 is 2.85 bits per heavy atom. The molecule has 4 nitrogen and oxygen atoms in total. The fourth-order valence-electron chi connectivity index (χ4n) is 1.86. The average Bonchev–Trinajstić information content (AvgIpc) is 2.78. The number of nitrogens with zero attached hydrogens (tertiary/aromatic N) is 2. The highest BCUT2D eigenvalue weighted by Crippen LogP contribution is 2.27. The first kappa shape index (κ1) is 14.9. The molecule has 0 saturated carbocycles. The van der Waals surface area contributed by atoms with Gasteiger partial charge in [0.05, 0.1) is 12.4 Å². The lowest BCUT2D eigenvalue weighted by atomic mass is 10.2. The SMILES string of the molecule is CC(C)CNCc1cc(Cl)ccc1Oc1cnn(C)c1. The first-order valence-corrected chi connectivity index (χ1v) is 7.08. The highest BCUT2D eigenvalue weighted by Gasteiger charge is 2.07. The Hall–Kier alpha value is -1.52. The first-order chi connectivity index (χ1) is 9.54. The topological polar surface area (TPSA) is 39.1 Å². The zero-order chi connectivity index (χ0) is 14.5. The van der Waals surface area contributed by atoms with E-state index in [1.54, 1.807) is 10.9 Å². The summed E-state index contributed by atoms with van der Waals surface area (Å²) in [6.07, 6.45) is 3.53. The van der Waals surface area contributed by atoms with Gasteiger partial charge in [-0.05, 0) is 30.7 Å². The lowest BCUT2D eigenvalue weighted by molar-refractivity contribution is 0.468. The second-order valence-corrected chi connectivity index (χ2v) is 5.66. The standard InChI is InChI=1S/C15H20ClN3O/c1-11(2)7-17-8-12-6-13(16)4-5-15(12)20-14-9-18-19(3)10-14/h4-6,9-11,17H,7-8H2,1-3H3. The maximum Gasteiger partial charge on any atom is 0.165 e. The minimum absolute atomic E-state index is 0.608. The van der Waals surface area contributed by atoms with Crippen molar-refractivity contribution in [2.45, 2.75) is 20.4 Å². The summed E-state index contributed by atoms with van der Waals surface area (Å²) in [5, 5.41) is 8.21. The molecule has 2 aromatic rings. The number of benzene rings is 1. The first-order valence-electron chi connectivity index (χ1n) is 6.70. The molecular weight excluding hydrogens is 274 g/mol. The van der Waals surface area contributed by atoms with Crippen LogP contribution in [0.2, 0.25) is 5.02 Å². The molecule has 5 heteroatoms. The zero-order valence-electron chi connectivity index (χ0n) is 12.1. The maximum atomic E-state index is 6.07. The van der Waals surface area contributed by atoms with Gasteiger partial charge in [-0.15, -0.1) is 0 Å². The van der Waals surface area contributed by atoms with Crippen LogP contribution in [-0.4, -0.2) is 16.3 Å². The van der Waals surface area contributed by atoms with Crippen molar-refractivity contribution in [2.75, 3.05) is 6.54 Å². The number of hydrogen-bond acceptors (Lipinski definition) is 3. The number of aromatic nitrogens is 2. The van der Waals surface area contributed by atoms with Crippen molar-refractivity contribution in [3.8, 4) is 11.5 Å². The van der Waals surface area contributed by atoms with E-state index >= 15 is 0 Å². The van der Waals surface area contributed by atoms with E-state index in [1.807, 2.05) is 31.4 Å². The van der Waals surface area contributed by atoms with Crippen LogP contribution in [0.3, 0.4) is 0 Å². The molecule has 0 atom stereocenters. The minimum atomic E-state index is 0.608. The molecule has 0 aliphatic rings. The second kappa shape index (κ2) is 6.77. The summed E-state index contributed by atoms with van der Waals surface area (Å²) in [4.78, 5) is 0. The molecule has 20 heavy (non-hydrogen) atoms. The van der Waals surface area contributed by atoms with Gasteiger partial charge >= 0.3 is 0 Å². The van der Waals surface area contributed by atoms with Gasteiger partial charge in [0.15, 0.2) is 5.75 Å². The number of halogens is 1. The molecule has 0 spiro atoms. The molecule has 1 heterocycles. The van der Waals surface area contributed by atoms with Gasteiger partial charge in [0.25, 0.3) is 0 Å². The lowest BCUT2D eigenvalue weighted by Gasteiger charge is -2.12. The summed E-state index contributed by atoms with van der Waals surface area (Å²) in [5.41, 5.74) is 1.04. The van der Waals surface area contributed by atoms with Crippen LogP contribution in [0.1, 0.15) is 19.4 Å². The summed E-state index contributed by atoms with van der Waals surface area (Å²) in [6, 6.07) is 5.65. The van der Waals surface area contributed by atoms with Crippen LogP contribution in [0.25, 0.3) is 0 Å². The van der Waals surface area contributed by atoms with Crippen LogP contribution in [0.5, 0.6) is 11.5 Å². The molecule has 108 valence electrons. The average molecular weight is 294 g/mol. The lowest BCUT2D eigenvalue weighted by Crippen LogP contribution is -2.19. The van der Waals surface area contributed by atoms with Crippen molar-refractivity contribution >= 4 is 11.6 Å². The van der Waals surface area contributed by atoms with E-state index in [9.17, 15) is 0 Å². The van der Waals surface area contributed by atoms with E-state index in [0.29, 0.717) is 10.9 Å². The molecule has 0 fully saturated rings. The molecule has 0 bridgehead atoms. The van der Waals surface area contributed by atoms with E-state index in [1.165, 1.54) is 0 Å². The largest absolute Gasteiger partial charge is 0.454 e. The third-order valence-electron chi connectivity index (χ3n) is 2.80. The summed E-state index contributed by atoms with van der Waals surface area (Å²) in [7, 11) is 1.86. The molecule has 0 radical (unpaired) electrons. The van der Waals surface area contributed by atoms with Crippen molar-refractivity contribution in [2.24, 2.45) is 13.0 Å². The molecular formula is C15H20ClN3O. The Kier molecular flexibility index (Phi) is 5.04. The van der Waals surface area contributed by atoms with Crippen molar-refractivity contribution in [3.05, 3.63) is 41.2 Å². The normalized spacial score (nSPS) is 11.1. The predicted octanol–water partition coefficient (Wildman–Crippen LogP) is 3.61. The molecule has 2 rings (SSSR count). The third kappa shape index (κ3) is 4.25. The minimum Gasteiger partial charge on any atom is -0.454 e. The molecule has 1 aromatic heterocycles. The molecule has 0 saturated heterocycles. The molecule has 0 aliphatic carbocycles. The van der Waals surface area contributed by atoms with Gasteiger partial charge in [-0.2, -0.15) is 5.10 Å². The number of hydrogen-bond donors (Lipinski definition) is 1. The number of ether oxygens (including phenoxy) is 1. The van der Waals surface area contributed by atoms with E-state index in [2.05, 4.69) is 24.3 Å². The van der Waals surface area contributed by atoms with Crippen molar-refractivity contribution in [3.63, 3.8) is 0 Å². The van der Waals surface area contributed by atoms with Crippen LogP contribution in [-0.2, 0) is 13.6 Å². The molecule has 0 unspecified atom stereocenters. The summed E-state index contributed by atoms with van der Waals surface area (Å²) < 4.78 is 7.57. The Morgan fingerprint density at radius 2 is 2.20 bits per heavy atom. The fraction of sp³-hybridized carbons (Fsp3) is 0.400. The zero-order valence-corrected chi connectivity index (χ0v) is 12.8. The molecule has 0 amide bonds. The van der Waals surface area contributed by atoms with E-state index in [0.717, 1.165) is 30.2 Å². The third-order valence-corrected chi connectivity index (χ3v) is 3.03.